The molecule has 2 amide bonds. The number of benzene rings is 2. The van der Waals surface area contributed by atoms with Crippen molar-refractivity contribution in [2.24, 2.45) is 5.92 Å². The van der Waals surface area contributed by atoms with E-state index in [-0.39, 0.29) is 11.5 Å². The Balaban J connectivity index is 1.15. The number of piperidine rings is 1. The van der Waals surface area contributed by atoms with E-state index in [9.17, 15) is 22.8 Å². The van der Waals surface area contributed by atoms with Crippen LogP contribution in [-0.4, -0.2) is 58.5 Å². The maximum Gasteiger partial charge on any atom is 0.405 e. The number of aryl methyl sites for hydroxylation is 1. The Bertz CT molecular complexity index is 1360. The van der Waals surface area contributed by atoms with E-state index in [4.69, 9.17) is 4.74 Å². The SMILES string of the molecule is Cc1c(C(=O)NCC(F)(F)F)ccc2nn(CC3CCN(C(=O)C4NC=C(c5ccccc5)O4)CC3)cc12. The van der Waals surface area contributed by atoms with Crippen LogP contribution in [0.2, 0.25) is 0 Å². The predicted molar refractivity (Wildman–Crippen MR) is 135 cm³/mol. The van der Waals surface area contributed by atoms with Gasteiger partial charge in [0.15, 0.2) is 0 Å². The van der Waals surface area contributed by atoms with Crippen molar-refractivity contribution in [2.75, 3.05) is 19.6 Å². The largest absolute Gasteiger partial charge is 0.459 e. The van der Waals surface area contributed by atoms with E-state index in [1.807, 2.05) is 51.4 Å². The Hall–Kier alpha value is -4.02. The molecule has 2 aliphatic rings. The summed E-state index contributed by atoms with van der Waals surface area (Å²) in [6.07, 6.45) is -0.0452. The summed E-state index contributed by atoms with van der Waals surface area (Å²) in [4.78, 5) is 27.1. The van der Waals surface area contributed by atoms with E-state index in [1.165, 1.54) is 6.07 Å². The Morgan fingerprint density at radius 2 is 1.87 bits per heavy atom. The van der Waals surface area contributed by atoms with Gasteiger partial charge in [-0.15, -0.1) is 0 Å². The first-order valence-electron chi connectivity index (χ1n) is 12.5. The molecule has 5 rings (SSSR count). The van der Waals surface area contributed by atoms with Crippen molar-refractivity contribution in [1.82, 2.24) is 25.3 Å². The number of rotatable bonds is 6. The molecule has 2 N–H and O–H groups in total. The first-order valence-corrected chi connectivity index (χ1v) is 12.5. The minimum Gasteiger partial charge on any atom is -0.459 e. The quantitative estimate of drug-likeness (QED) is 0.509. The molecule has 2 aromatic carbocycles. The first kappa shape index (κ1) is 25.6. The minimum absolute atomic E-state index is 0.0950. The second-order valence-electron chi connectivity index (χ2n) is 9.63. The number of halogens is 3. The monoisotopic (exact) mass is 527 g/mol. The van der Waals surface area contributed by atoms with Crippen molar-refractivity contribution in [3.63, 3.8) is 0 Å². The zero-order valence-corrected chi connectivity index (χ0v) is 20.8. The molecule has 0 aliphatic carbocycles. The third kappa shape index (κ3) is 5.61. The molecule has 8 nitrogen and oxygen atoms in total. The van der Waals surface area contributed by atoms with Crippen LogP contribution < -0.4 is 10.6 Å². The number of amides is 2. The van der Waals surface area contributed by atoms with Gasteiger partial charge in [0.1, 0.15) is 12.3 Å². The van der Waals surface area contributed by atoms with Gasteiger partial charge in [-0.2, -0.15) is 18.3 Å². The number of nitrogens with one attached hydrogen (secondary N) is 2. The number of hydrogen-bond acceptors (Lipinski definition) is 5. The number of likely N-dealkylation sites (tertiary alicyclic amines) is 1. The standard InChI is InChI=1S/C27H28F3N5O3/c1-17-20(24(36)32-16-27(28,29)30)7-8-22-21(17)15-35(33-22)14-18-9-11-34(12-10-18)26(37)25-31-13-23(38-25)19-5-3-2-4-6-19/h2-8,13,15,18,25,31H,9-12,14,16H2,1H3,(H,32,36). The molecular formula is C27H28F3N5O3. The van der Waals surface area contributed by atoms with Crippen molar-refractivity contribution in [3.05, 3.63) is 71.6 Å². The van der Waals surface area contributed by atoms with E-state index >= 15 is 0 Å². The third-order valence-electron chi connectivity index (χ3n) is 6.96. The third-order valence-corrected chi connectivity index (χ3v) is 6.96. The molecule has 1 fully saturated rings. The average molecular weight is 528 g/mol. The molecule has 38 heavy (non-hydrogen) atoms. The number of nitrogens with zero attached hydrogens (tertiary/aromatic N) is 3. The molecular weight excluding hydrogens is 499 g/mol. The van der Waals surface area contributed by atoms with Crippen LogP contribution in [0.4, 0.5) is 13.2 Å². The topological polar surface area (TPSA) is 88.5 Å². The fraction of sp³-hybridized carbons (Fsp3) is 0.370. The van der Waals surface area contributed by atoms with Crippen LogP contribution in [-0.2, 0) is 16.1 Å². The summed E-state index contributed by atoms with van der Waals surface area (Å²) in [5.74, 6) is 0.0836. The predicted octanol–water partition coefficient (Wildman–Crippen LogP) is 3.82. The van der Waals surface area contributed by atoms with Crippen LogP contribution in [0.1, 0.15) is 34.3 Å². The molecule has 3 heterocycles. The first-order chi connectivity index (χ1) is 18.2. The molecule has 0 radical (unpaired) electrons. The highest BCUT2D eigenvalue weighted by molar-refractivity contribution is 6.00. The maximum atomic E-state index is 13.0. The average Bonchev–Trinajstić information content (AvgIpc) is 3.56. The highest BCUT2D eigenvalue weighted by Gasteiger charge is 2.32. The van der Waals surface area contributed by atoms with Crippen LogP contribution in [0.15, 0.2) is 54.9 Å². The van der Waals surface area contributed by atoms with Crippen molar-refractivity contribution in [1.29, 1.82) is 0 Å². The number of hydrogen-bond donors (Lipinski definition) is 2. The lowest BCUT2D eigenvalue weighted by atomic mass is 9.96. The second kappa shape index (κ2) is 10.4. The van der Waals surface area contributed by atoms with E-state index < -0.39 is 24.9 Å². The highest BCUT2D eigenvalue weighted by Crippen LogP contribution is 2.26. The van der Waals surface area contributed by atoms with Gasteiger partial charge < -0.3 is 20.3 Å². The van der Waals surface area contributed by atoms with Gasteiger partial charge in [-0.05, 0) is 43.4 Å². The summed E-state index contributed by atoms with van der Waals surface area (Å²) in [7, 11) is 0. The van der Waals surface area contributed by atoms with Crippen LogP contribution >= 0.6 is 0 Å². The molecule has 0 saturated carbocycles. The molecule has 200 valence electrons. The molecule has 1 saturated heterocycles. The van der Waals surface area contributed by atoms with Crippen LogP contribution in [0.25, 0.3) is 16.7 Å². The van der Waals surface area contributed by atoms with E-state index in [1.54, 1.807) is 19.2 Å². The summed E-state index contributed by atoms with van der Waals surface area (Å²) in [5.41, 5.74) is 2.36. The number of carbonyl (C=O) groups excluding carboxylic acids is 2. The van der Waals surface area contributed by atoms with Crippen molar-refractivity contribution < 1.29 is 27.5 Å². The Labute approximate surface area is 217 Å². The summed E-state index contributed by atoms with van der Waals surface area (Å²) in [6.45, 7) is 2.18. The molecule has 11 heteroatoms. The summed E-state index contributed by atoms with van der Waals surface area (Å²) in [6, 6.07) is 12.8. The van der Waals surface area contributed by atoms with Gasteiger partial charge in [-0.3, -0.25) is 14.3 Å². The van der Waals surface area contributed by atoms with Crippen LogP contribution in [0, 0.1) is 12.8 Å². The van der Waals surface area contributed by atoms with Gasteiger partial charge in [0.05, 0.1) is 5.52 Å². The molecule has 0 bridgehead atoms. The lowest BCUT2D eigenvalue weighted by Crippen LogP contribution is -2.47. The van der Waals surface area contributed by atoms with Crippen molar-refractivity contribution >= 4 is 28.5 Å². The number of alkyl halides is 3. The zero-order chi connectivity index (χ0) is 26.9. The van der Waals surface area contributed by atoms with E-state index in [2.05, 4.69) is 10.4 Å². The Morgan fingerprint density at radius 3 is 2.58 bits per heavy atom. The number of fused-ring (bicyclic) bond motifs is 1. The van der Waals surface area contributed by atoms with E-state index in [0.29, 0.717) is 42.4 Å². The Kier molecular flexibility index (Phi) is 7.00. The zero-order valence-electron chi connectivity index (χ0n) is 20.8. The number of ether oxygens (including phenoxy) is 1. The minimum atomic E-state index is -4.47. The van der Waals surface area contributed by atoms with Gasteiger partial charge in [0.2, 0.25) is 6.23 Å². The smallest absolute Gasteiger partial charge is 0.405 e. The van der Waals surface area contributed by atoms with Gasteiger partial charge in [-0.25, -0.2) is 0 Å². The van der Waals surface area contributed by atoms with Gasteiger partial charge >= 0.3 is 6.18 Å². The summed E-state index contributed by atoms with van der Waals surface area (Å²) in [5, 5.41) is 10.3. The van der Waals surface area contributed by atoms with E-state index in [0.717, 1.165) is 23.8 Å². The molecule has 2 aliphatic heterocycles. The molecule has 1 unspecified atom stereocenters. The molecule has 1 aromatic heterocycles. The summed E-state index contributed by atoms with van der Waals surface area (Å²) < 4.78 is 45.1. The fourth-order valence-corrected chi connectivity index (χ4v) is 4.88. The van der Waals surface area contributed by atoms with Crippen LogP contribution in [0.5, 0.6) is 0 Å². The van der Waals surface area contributed by atoms with Gasteiger partial charge in [0, 0.05) is 48.5 Å². The molecule has 1 atom stereocenters. The number of carbonyl (C=O) groups is 2. The fourth-order valence-electron chi connectivity index (χ4n) is 4.88. The lowest BCUT2D eigenvalue weighted by molar-refractivity contribution is -0.141. The molecule has 3 aromatic rings. The van der Waals surface area contributed by atoms with Gasteiger partial charge in [0.25, 0.3) is 11.8 Å². The highest BCUT2D eigenvalue weighted by atomic mass is 19.4. The summed E-state index contributed by atoms with van der Waals surface area (Å²) >= 11 is 0. The lowest BCUT2D eigenvalue weighted by Gasteiger charge is -2.33. The van der Waals surface area contributed by atoms with Crippen LogP contribution in [0.3, 0.4) is 0 Å². The maximum absolute atomic E-state index is 13.0. The Morgan fingerprint density at radius 1 is 1.13 bits per heavy atom. The van der Waals surface area contributed by atoms with Crippen molar-refractivity contribution in [2.45, 2.75) is 38.7 Å². The normalized spacial score (nSPS) is 18.2. The van der Waals surface area contributed by atoms with Gasteiger partial charge in [-0.1, -0.05) is 30.3 Å². The molecule has 0 spiro atoms. The number of aromatic nitrogens is 2. The van der Waals surface area contributed by atoms with Crippen molar-refractivity contribution in [3.8, 4) is 0 Å². The second-order valence-corrected chi connectivity index (χ2v) is 9.63.